The lowest BCUT2D eigenvalue weighted by Crippen LogP contribution is -2.41. The molecular formula is C26H41N7O2Si. The van der Waals surface area contributed by atoms with Gasteiger partial charge in [-0.1, -0.05) is 51.1 Å². The molecule has 196 valence electrons. The Morgan fingerprint density at radius 1 is 1.19 bits per heavy atom. The molecule has 0 aliphatic carbocycles. The number of aryl methyl sites for hydroxylation is 1. The van der Waals surface area contributed by atoms with Gasteiger partial charge in [0.1, 0.15) is 17.8 Å². The lowest BCUT2D eigenvalue weighted by Gasteiger charge is -2.36. The van der Waals surface area contributed by atoms with Crippen LogP contribution in [0.4, 0.5) is 11.5 Å². The van der Waals surface area contributed by atoms with Crippen LogP contribution in [-0.2, 0) is 22.8 Å². The Kier molecular flexibility index (Phi) is 9.47. The van der Waals surface area contributed by atoms with Gasteiger partial charge in [0.15, 0.2) is 8.32 Å². The van der Waals surface area contributed by atoms with Crippen molar-refractivity contribution < 1.29 is 9.16 Å². The summed E-state index contributed by atoms with van der Waals surface area (Å²) in [7, 11) is 0.0773. The Labute approximate surface area is 215 Å². The van der Waals surface area contributed by atoms with Gasteiger partial charge in [-0.15, -0.1) is 0 Å². The molecule has 0 saturated heterocycles. The van der Waals surface area contributed by atoms with Crippen molar-refractivity contribution in [2.45, 2.75) is 64.5 Å². The van der Waals surface area contributed by atoms with E-state index in [2.05, 4.69) is 66.4 Å². The summed E-state index contributed by atoms with van der Waals surface area (Å²) in [6, 6.07) is 10.3. The maximum atomic E-state index is 6.43. The molecule has 0 radical (unpaired) electrons. The summed E-state index contributed by atoms with van der Waals surface area (Å²) in [5.41, 5.74) is 7.96. The minimum atomic E-state index is -1.80. The van der Waals surface area contributed by atoms with E-state index in [1.807, 2.05) is 25.2 Å². The number of rotatable bonds is 12. The number of imidazole rings is 1. The second-order valence-electron chi connectivity index (χ2n) is 10.5. The van der Waals surface area contributed by atoms with E-state index < -0.39 is 8.32 Å². The monoisotopic (exact) mass is 511 g/mol. The van der Waals surface area contributed by atoms with E-state index >= 15 is 0 Å². The normalized spacial score (nSPS) is 13.7. The predicted molar refractivity (Wildman–Crippen MR) is 148 cm³/mol. The molecule has 0 amide bonds. The van der Waals surface area contributed by atoms with Crippen LogP contribution >= 0.6 is 0 Å². The number of hydrogen-bond donors (Lipinski definition) is 2. The number of nitrogens with one attached hydrogen (secondary N) is 1. The Hall–Kier alpha value is -2.95. The molecule has 9 nitrogen and oxygen atoms in total. The number of benzene rings is 1. The van der Waals surface area contributed by atoms with E-state index in [9.17, 15) is 0 Å². The molecule has 1 aromatic carbocycles. The lowest BCUT2D eigenvalue weighted by atomic mass is 10.2. The summed E-state index contributed by atoms with van der Waals surface area (Å²) in [5, 5.41) is 8.00. The van der Waals surface area contributed by atoms with Crippen molar-refractivity contribution in [1.82, 2.24) is 19.3 Å². The van der Waals surface area contributed by atoms with Gasteiger partial charge in [-0.2, -0.15) is 5.10 Å². The fourth-order valence-electron chi connectivity index (χ4n) is 3.40. The molecule has 3 aromatic rings. The highest BCUT2D eigenvalue weighted by Crippen LogP contribution is 2.36. The molecule has 10 heteroatoms. The topological polar surface area (TPSA) is 105 Å². The number of aromatic nitrogens is 4. The third-order valence-electron chi connectivity index (χ3n) is 6.72. The number of hydrogen-bond acceptors (Lipinski definition) is 6. The first-order valence-corrected chi connectivity index (χ1v) is 15.4. The average Bonchev–Trinajstić information content (AvgIpc) is 3.48. The van der Waals surface area contributed by atoms with Crippen molar-refractivity contribution in [2.24, 2.45) is 17.8 Å². The Balaban J connectivity index is 1.61. The van der Waals surface area contributed by atoms with Crippen molar-refractivity contribution >= 4 is 25.8 Å². The molecule has 0 aliphatic rings. The van der Waals surface area contributed by atoms with E-state index in [0.29, 0.717) is 31.4 Å². The molecule has 0 unspecified atom stereocenters. The number of ether oxygens (including phenoxy) is 1. The van der Waals surface area contributed by atoms with Crippen LogP contribution in [0.3, 0.4) is 0 Å². The first kappa shape index (κ1) is 27.6. The van der Waals surface area contributed by atoms with Gasteiger partial charge < -0.3 is 20.2 Å². The summed E-state index contributed by atoms with van der Waals surface area (Å²) in [6.45, 7) is 13.3. The molecule has 1 atom stereocenters. The molecule has 2 heterocycles. The zero-order chi connectivity index (χ0) is 26.2. The van der Waals surface area contributed by atoms with E-state index in [0.717, 1.165) is 18.7 Å². The van der Waals surface area contributed by atoms with Crippen molar-refractivity contribution in [1.29, 1.82) is 0 Å². The molecule has 0 saturated carbocycles. The van der Waals surface area contributed by atoms with Gasteiger partial charge in [0.2, 0.25) is 5.96 Å². The fraction of sp³-hybridized carbons (Fsp3) is 0.500. The maximum Gasteiger partial charge on any atom is 0.206 e. The SMILES string of the molecule is Cn1ncc(N=C(N)n2ccnc2)c1NCC[C@H](CCO[Si](C)(C)C(C)(C)C)OCc1ccccc1. The maximum absolute atomic E-state index is 6.43. The molecule has 3 N–H and O–H groups in total. The lowest BCUT2D eigenvalue weighted by molar-refractivity contribution is 0.0222. The van der Waals surface area contributed by atoms with Gasteiger partial charge in [0, 0.05) is 32.6 Å². The van der Waals surface area contributed by atoms with Crippen LogP contribution in [0.25, 0.3) is 0 Å². The van der Waals surface area contributed by atoms with E-state index in [1.165, 1.54) is 5.56 Å². The molecule has 0 spiro atoms. The third-order valence-corrected chi connectivity index (χ3v) is 11.3. The number of nitrogens with two attached hydrogens (primary N) is 1. The second kappa shape index (κ2) is 12.3. The van der Waals surface area contributed by atoms with Crippen molar-refractivity contribution in [3.8, 4) is 0 Å². The van der Waals surface area contributed by atoms with Crippen LogP contribution in [0, 0.1) is 0 Å². The third kappa shape index (κ3) is 7.77. The van der Waals surface area contributed by atoms with Crippen LogP contribution in [-0.4, -0.2) is 52.9 Å². The molecule has 2 aromatic heterocycles. The van der Waals surface area contributed by atoms with Gasteiger partial charge in [0.25, 0.3) is 0 Å². The number of aliphatic imine (C=N–C) groups is 1. The van der Waals surface area contributed by atoms with Crippen molar-refractivity contribution in [3.63, 3.8) is 0 Å². The quantitative estimate of drug-likeness (QED) is 0.203. The van der Waals surface area contributed by atoms with Gasteiger partial charge in [-0.25, -0.2) is 9.98 Å². The summed E-state index contributed by atoms with van der Waals surface area (Å²) in [5.74, 6) is 1.13. The molecular weight excluding hydrogens is 470 g/mol. The largest absolute Gasteiger partial charge is 0.417 e. The second-order valence-corrected chi connectivity index (χ2v) is 15.3. The van der Waals surface area contributed by atoms with Crippen molar-refractivity contribution in [3.05, 3.63) is 60.8 Å². The fourth-order valence-corrected chi connectivity index (χ4v) is 4.46. The summed E-state index contributed by atoms with van der Waals surface area (Å²) < 4.78 is 16.2. The van der Waals surface area contributed by atoms with Gasteiger partial charge in [-0.05, 0) is 36.5 Å². The zero-order valence-electron chi connectivity index (χ0n) is 22.4. The van der Waals surface area contributed by atoms with E-state index in [1.54, 1.807) is 34.2 Å². The molecule has 0 bridgehead atoms. The number of nitrogens with zero attached hydrogens (tertiary/aromatic N) is 5. The summed E-state index contributed by atoms with van der Waals surface area (Å²) in [6.07, 6.45) is 8.44. The minimum absolute atomic E-state index is 0.0543. The van der Waals surface area contributed by atoms with Crippen LogP contribution < -0.4 is 11.1 Å². The molecule has 0 aliphatic heterocycles. The highest BCUT2D eigenvalue weighted by atomic mass is 28.4. The van der Waals surface area contributed by atoms with Gasteiger partial charge >= 0.3 is 0 Å². The minimum Gasteiger partial charge on any atom is -0.417 e. The van der Waals surface area contributed by atoms with E-state index in [-0.39, 0.29) is 11.1 Å². The highest BCUT2D eigenvalue weighted by Gasteiger charge is 2.37. The zero-order valence-corrected chi connectivity index (χ0v) is 23.4. The van der Waals surface area contributed by atoms with Crippen LogP contribution in [0.2, 0.25) is 18.1 Å². The Bertz CT molecular complexity index is 1090. The van der Waals surface area contributed by atoms with Crippen LogP contribution in [0.5, 0.6) is 0 Å². The average molecular weight is 512 g/mol. The van der Waals surface area contributed by atoms with E-state index in [4.69, 9.17) is 14.9 Å². The Morgan fingerprint density at radius 3 is 2.61 bits per heavy atom. The van der Waals surface area contributed by atoms with Crippen LogP contribution in [0.15, 0.2) is 60.2 Å². The number of anilines is 1. The standard InChI is InChI=1S/C26H41N7O2Si/c1-26(2,3)36(5,6)35-17-13-22(34-19-21-10-8-7-9-11-21)12-14-29-24-23(18-30-32(24)4)31-25(27)33-16-15-28-20-33/h7-11,15-16,18,20,22,29H,12-14,17,19H2,1-6H3,(H2,27,31)/t22-/m1/s1. The van der Waals surface area contributed by atoms with Gasteiger partial charge in [0.05, 0.1) is 18.9 Å². The smallest absolute Gasteiger partial charge is 0.206 e. The van der Waals surface area contributed by atoms with Gasteiger partial charge in [-0.3, -0.25) is 9.25 Å². The first-order valence-electron chi connectivity index (χ1n) is 12.4. The molecule has 3 rings (SSSR count). The van der Waals surface area contributed by atoms with Crippen LogP contribution in [0.1, 0.15) is 39.2 Å². The highest BCUT2D eigenvalue weighted by molar-refractivity contribution is 6.74. The Morgan fingerprint density at radius 2 is 1.94 bits per heavy atom. The first-order chi connectivity index (χ1) is 17.1. The van der Waals surface area contributed by atoms with Crippen molar-refractivity contribution in [2.75, 3.05) is 18.5 Å². The predicted octanol–water partition coefficient (Wildman–Crippen LogP) is 4.91. The summed E-state index contributed by atoms with van der Waals surface area (Å²) in [4.78, 5) is 8.54. The summed E-state index contributed by atoms with van der Waals surface area (Å²) >= 11 is 0. The molecule has 36 heavy (non-hydrogen) atoms. The molecule has 0 fully saturated rings.